The molecule has 1 aromatic carbocycles. The lowest BCUT2D eigenvalue weighted by molar-refractivity contribution is -0.135. The third-order valence-corrected chi connectivity index (χ3v) is 5.87. The van der Waals surface area contributed by atoms with Crippen LogP contribution in [-0.2, 0) is 9.59 Å². The Bertz CT molecular complexity index is 641. The Kier molecular flexibility index (Phi) is 5.25. The molecular formula is C18H24BrN3O2. The molecule has 2 amide bonds. The zero-order valence-corrected chi connectivity index (χ0v) is 15.8. The molecule has 2 unspecified atom stereocenters. The smallest absolute Gasteiger partial charge is 0.228 e. The Morgan fingerprint density at radius 1 is 1.21 bits per heavy atom. The average Bonchev–Trinajstić information content (AvgIpc) is 3.38. The summed E-state index contributed by atoms with van der Waals surface area (Å²) in [7, 11) is 0. The molecule has 1 aromatic rings. The highest BCUT2D eigenvalue weighted by molar-refractivity contribution is 9.10. The van der Waals surface area contributed by atoms with E-state index in [0.29, 0.717) is 6.42 Å². The largest absolute Gasteiger partial charge is 0.340 e. The van der Waals surface area contributed by atoms with Gasteiger partial charge in [-0.1, -0.05) is 28.9 Å². The van der Waals surface area contributed by atoms with E-state index in [2.05, 4.69) is 33.1 Å². The van der Waals surface area contributed by atoms with Gasteiger partial charge in [0.05, 0.1) is 11.8 Å². The van der Waals surface area contributed by atoms with Gasteiger partial charge in [-0.2, -0.15) is 0 Å². The Morgan fingerprint density at radius 2 is 1.92 bits per heavy atom. The number of likely N-dealkylation sites (N-methyl/N-ethyl adjacent to an activating group) is 1. The topological polar surface area (TPSA) is 52.7 Å². The van der Waals surface area contributed by atoms with Crippen molar-refractivity contribution in [3.05, 3.63) is 28.2 Å². The number of rotatable bonds is 4. The summed E-state index contributed by atoms with van der Waals surface area (Å²) in [5.74, 6) is -0.207. The van der Waals surface area contributed by atoms with Crippen molar-refractivity contribution in [3.63, 3.8) is 0 Å². The van der Waals surface area contributed by atoms with E-state index in [4.69, 9.17) is 0 Å². The summed E-state index contributed by atoms with van der Waals surface area (Å²) in [5, 5.41) is 2.93. The molecular weight excluding hydrogens is 370 g/mol. The third-order valence-electron chi connectivity index (χ3n) is 5.01. The predicted molar refractivity (Wildman–Crippen MR) is 97.8 cm³/mol. The number of carbonyl (C=O) groups excluding carboxylic acids is 2. The minimum atomic E-state index is -0.179. The Balaban J connectivity index is 1.52. The maximum Gasteiger partial charge on any atom is 0.228 e. The summed E-state index contributed by atoms with van der Waals surface area (Å²) in [6.45, 7) is 8.60. The van der Waals surface area contributed by atoms with Crippen LogP contribution in [0.5, 0.6) is 0 Å². The van der Waals surface area contributed by atoms with Crippen LogP contribution in [0.25, 0.3) is 0 Å². The molecule has 0 aromatic heterocycles. The molecule has 1 aliphatic heterocycles. The van der Waals surface area contributed by atoms with Gasteiger partial charge in [0.2, 0.25) is 11.8 Å². The van der Waals surface area contributed by atoms with E-state index in [-0.39, 0.29) is 23.7 Å². The van der Waals surface area contributed by atoms with Gasteiger partial charge in [-0.25, -0.2) is 0 Å². The molecule has 0 radical (unpaired) electrons. The third kappa shape index (κ3) is 3.81. The maximum atomic E-state index is 12.5. The first-order valence-electron chi connectivity index (χ1n) is 8.57. The van der Waals surface area contributed by atoms with E-state index in [0.717, 1.165) is 48.4 Å². The van der Waals surface area contributed by atoms with Crippen LogP contribution in [0.2, 0.25) is 0 Å². The molecule has 0 spiro atoms. The fourth-order valence-corrected chi connectivity index (χ4v) is 3.56. The summed E-state index contributed by atoms with van der Waals surface area (Å²) in [4.78, 5) is 29.2. The van der Waals surface area contributed by atoms with Gasteiger partial charge in [0, 0.05) is 36.3 Å². The van der Waals surface area contributed by atoms with E-state index in [1.54, 1.807) is 0 Å². The van der Waals surface area contributed by atoms with Crippen LogP contribution in [0.1, 0.15) is 18.9 Å². The number of nitrogens with one attached hydrogen (secondary N) is 1. The lowest BCUT2D eigenvalue weighted by Gasteiger charge is -2.34. The molecule has 2 fully saturated rings. The molecule has 2 atom stereocenters. The fourth-order valence-electron chi connectivity index (χ4n) is 3.18. The molecule has 24 heavy (non-hydrogen) atoms. The van der Waals surface area contributed by atoms with E-state index >= 15 is 0 Å². The van der Waals surface area contributed by atoms with Gasteiger partial charge in [-0.3, -0.25) is 9.59 Å². The van der Waals surface area contributed by atoms with Gasteiger partial charge < -0.3 is 15.1 Å². The van der Waals surface area contributed by atoms with E-state index in [1.807, 2.05) is 30.0 Å². The number of halogens is 1. The van der Waals surface area contributed by atoms with Crippen LogP contribution < -0.4 is 5.32 Å². The highest BCUT2D eigenvalue weighted by Gasteiger charge is 2.49. The molecule has 1 heterocycles. The first kappa shape index (κ1) is 17.4. The number of hydrogen-bond donors (Lipinski definition) is 1. The van der Waals surface area contributed by atoms with Gasteiger partial charge in [-0.15, -0.1) is 0 Å². The number of nitrogens with zero attached hydrogens (tertiary/aromatic N) is 2. The lowest BCUT2D eigenvalue weighted by atomic mass is 10.2. The lowest BCUT2D eigenvalue weighted by Crippen LogP contribution is -2.49. The Hall–Kier alpha value is -1.40. The van der Waals surface area contributed by atoms with Crippen molar-refractivity contribution in [3.8, 4) is 0 Å². The second kappa shape index (κ2) is 7.23. The van der Waals surface area contributed by atoms with E-state index < -0.39 is 0 Å². The van der Waals surface area contributed by atoms with Crippen LogP contribution in [0.15, 0.2) is 22.7 Å². The van der Waals surface area contributed by atoms with Gasteiger partial charge >= 0.3 is 0 Å². The summed E-state index contributed by atoms with van der Waals surface area (Å²) in [6.07, 6.45) is 0.672. The van der Waals surface area contributed by atoms with Crippen molar-refractivity contribution in [2.45, 2.75) is 20.3 Å². The standard InChI is InChI=1S/C18H24BrN3O2/c1-3-21-6-8-22(9-7-21)18(24)15-11-14(15)17(23)20-13-5-4-12(2)16(19)10-13/h4-5,10,14-15H,3,6-9,11H2,1-2H3,(H,20,23). The van der Waals surface area contributed by atoms with Crippen LogP contribution >= 0.6 is 15.9 Å². The molecule has 5 nitrogen and oxygen atoms in total. The first-order chi connectivity index (χ1) is 11.5. The number of anilines is 1. The summed E-state index contributed by atoms with van der Waals surface area (Å²) in [6, 6.07) is 5.75. The van der Waals surface area contributed by atoms with Crippen molar-refractivity contribution in [2.24, 2.45) is 11.8 Å². The van der Waals surface area contributed by atoms with Gasteiger partial charge in [0.15, 0.2) is 0 Å². The second-order valence-electron chi connectivity index (χ2n) is 6.66. The normalized spacial score (nSPS) is 23.9. The van der Waals surface area contributed by atoms with Crippen molar-refractivity contribution in [1.29, 1.82) is 0 Å². The summed E-state index contributed by atoms with van der Waals surface area (Å²) < 4.78 is 0.970. The average molecular weight is 394 g/mol. The van der Waals surface area contributed by atoms with Gasteiger partial charge in [0.25, 0.3) is 0 Å². The van der Waals surface area contributed by atoms with Crippen LogP contribution in [0.4, 0.5) is 5.69 Å². The zero-order valence-electron chi connectivity index (χ0n) is 14.2. The van der Waals surface area contributed by atoms with Crippen molar-refractivity contribution < 1.29 is 9.59 Å². The molecule has 6 heteroatoms. The first-order valence-corrected chi connectivity index (χ1v) is 9.37. The molecule has 1 saturated carbocycles. The molecule has 1 N–H and O–H groups in total. The maximum absolute atomic E-state index is 12.5. The quantitative estimate of drug-likeness (QED) is 0.854. The number of aryl methyl sites for hydroxylation is 1. The number of benzene rings is 1. The SMILES string of the molecule is CCN1CCN(C(=O)C2CC2C(=O)Nc2ccc(C)c(Br)c2)CC1. The zero-order chi connectivity index (χ0) is 17.3. The summed E-state index contributed by atoms with van der Waals surface area (Å²) in [5.41, 5.74) is 1.89. The highest BCUT2D eigenvalue weighted by Crippen LogP contribution is 2.41. The van der Waals surface area contributed by atoms with Crippen molar-refractivity contribution in [2.75, 3.05) is 38.0 Å². The summed E-state index contributed by atoms with van der Waals surface area (Å²) >= 11 is 3.47. The minimum absolute atomic E-state index is 0.0451. The molecule has 130 valence electrons. The molecule has 3 rings (SSSR count). The molecule has 0 bridgehead atoms. The van der Waals surface area contributed by atoms with Crippen molar-refractivity contribution >= 4 is 33.4 Å². The Morgan fingerprint density at radius 3 is 2.54 bits per heavy atom. The van der Waals surface area contributed by atoms with E-state index in [1.165, 1.54) is 0 Å². The number of hydrogen-bond acceptors (Lipinski definition) is 3. The van der Waals surface area contributed by atoms with Gasteiger partial charge in [-0.05, 0) is 37.6 Å². The fraction of sp³-hybridized carbons (Fsp3) is 0.556. The Labute approximate surface area is 151 Å². The number of amides is 2. The van der Waals surface area contributed by atoms with Crippen LogP contribution in [-0.4, -0.2) is 54.3 Å². The van der Waals surface area contributed by atoms with Crippen LogP contribution in [0.3, 0.4) is 0 Å². The van der Waals surface area contributed by atoms with Crippen molar-refractivity contribution in [1.82, 2.24) is 9.80 Å². The second-order valence-corrected chi connectivity index (χ2v) is 7.52. The van der Waals surface area contributed by atoms with Crippen LogP contribution in [0, 0.1) is 18.8 Å². The monoisotopic (exact) mass is 393 g/mol. The molecule has 1 aliphatic carbocycles. The van der Waals surface area contributed by atoms with E-state index in [9.17, 15) is 9.59 Å². The predicted octanol–water partition coefficient (Wildman–Crippen LogP) is 2.50. The molecule has 2 aliphatic rings. The number of carbonyl (C=O) groups is 2. The highest BCUT2D eigenvalue weighted by atomic mass is 79.9. The minimum Gasteiger partial charge on any atom is -0.340 e. The van der Waals surface area contributed by atoms with Gasteiger partial charge in [0.1, 0.15) is 0 Å². The molecule has 1 saturated heterocycles. The number of piperazine rings is 1.